The molecule has 3 rings (SSSR count). The average Bonchev–Trinajstić information content (AvgIpc) is 3.38. The van der Waals surface area contributed by atoms with E-state index < -0.39 is 10.0 Å². The first-order valence-corrected chi connectivity index (χ1v) is 10.0. The lowest BCUT2D eigenvalue weighted by Crippen LogP contribution is -2.41. The van der Waals surface area contributed by atoms with E-state index >= 15 is 0 Å². The summed E-state index contributed by atoms with van der Waals surface area (Å²) in [6.07, 6.45) is 3.28. The summed E-state index contributed by atoms with van der Waals surface area (Å²) in [7, 11) is -1.82. The lowest BCUT2D eigenvalue weighted by atomic mass is 10.1. The van der Waals surface area contributed by atoms with Crippen LogP contribution in [0.4, 0.5) is 0 Å². The summed E-state index contributed by atoms with van der Waals surface area (Å²) in [6, 6.07) is 6.88. The van der Waals surface area contributed by atoms with Gasteiger partial charge in [-0.15, -0.1) is 16.8 Å². The third-order valence-electron chi connectivity index (χ3n) is 4.66. The number of nitrogens with two attached hydrogens (primary N) is 1. The number of benzene rings is 1. The summed E-state index contributed by atoms with van der Waals surface area (Å²) in [5, 5.41) is 2.99. The van der Waals surface area contributed by atoms with Crippen molar-refractivity contribution in [2.45, 2.75) is 36.6 Å². The Morgan fingerprint density at radius 3 is 2.73 bits per heavy atom. The Kier molecular flexibility index (Phi) is 6.65. The maximum absolute atomic E-state index is 12.1. The van der Waals surface area contributed by atoms with Gasteiger partial charge in [-0.25, -0.2) is 0 Å². The molecule has 1 aromatic carbocycles. The highest BCUT2D eigenvalue weighted by atomic mass is 35.5. The maximum atomic E-state index is 12.1. The van der Waals surface area contributed by atoms with Crippen molar-refractivity contribution >= 4 is 34.2 Å². The lowest BCUT2D eigenvalue weighted by molar-refractivity contribution is -0.122. The van der Waals surface area contributed by atoms with Crippen molar-refractivity contribution in [1.82, 2.24) is 10.2 Å². The van der Waals surface area contributed by atoms with Crippen LogP contribution in [-0.4, -0.2) is 51.2 Å². The third-order valence-corrected chi connectivity index (χ3v) is 5.99. The Morgan fingerprint density at radius 1 is 1.38 bits per heavy atom. The molecule has 1 heterocycles. The molecule has 1 aliphatic heterocycles. The second kappa shape index (κ2) is 8.37. The molecule has 7 nitrogen and oxygen atoms in total. The van der Waals surface area contributed by atoms with Crippen LogP contribution in [0, 0.1) is 5.92 Å². The summed E-state index contributed by atoms with van der Waals surface area (Å²) >= 11 is 0. The number of nitrogens with zero attached hydrogens (tertiary/aromatic N) is 2. The minimum absolute atomic E-state index is 0. The predicted octanol–water partition coefficient (Wildman–Crippen LogP) is 1.12. The predicted molar refractivity (Wildman–Crippen MR) is 103 cm³/mol. The van der Waals surface area contributed by atoms with Crippen molar-refractivity contribution < 1.29 is 13.2 Å². The van der Waals surface area contributed by atoms with E-state index in [-0.39, 0.29) is 29.3 Å². The highest BCUT2D eigenvalue weighted by Gasteiger charge is 2.32. The van der Waals surface area contributed by atoms with E-state index in [4.69, 9.17) is 5.73 Å². The normalized spacial score (nSPS) is 18.3. The first-order valence-electron chi connectivity index (χ1n) is 8.57. The zero-order valence-corrected chi connectivity index (χ0v) is 16.4. The molecule has 1 amide bonds. The molecule has 0 saturated heterocycles. The van der Waals surface area contributed by atoms with Gasteiger partial charge in [0, 0.05) is 38.2 Å². The van der Waals surface area contributed by atoms with Gasteiger partial charge in [-0.2, -0.15) is 8.42 Å². The van der Waals surface area contributed by atoms with E-state index in [9.17, 15) is 13.2 Å². The number of carbonyl (C=O) groups is 1. The topological polar surface area (TPSA) is 105 Å². The fraction of sp³-hybridized carbons (Fsp3) is 0.529. The zero-order valence-electron chi connectivity index (χ0n) is 14.7. The summed E-state index contributed by atoms with van der Waals surface area (Å²) in [5.74, 6) is 0.970. The number of hydrogen-bond donors (Lipinski definition) is 2. The summed E-state index contributed by atoms with van der Waals surface area (Å²) in [5.41, 5.74) is 6.31. The Labute approximate surface area is 160 Å². The number of halogens is 1. The van der Waals surface area contributed by atoms with Gasteiger partial charge in [0.15, 0.2) is 0 Å². The Morgan fingerprint density at radius 2 is 2.08 bits per heavy atom. The van der Waals surface area contributed by atoms with Gasteiger partial charge in [-0.3, -0.25) is 4.79 Å². The molecular weight excluding hydrogens is 376 g/mol. The van der Waals surface area contributed by atoms with Gasteiger partial charge in [0.05, 0.1) is 0 Å². The largest absolute Gasteiger partial charge is 0.358 e. The number of amidine groups is 1. The van der Waals surface area contributed by atoms with Gasteiger partial charge in [-0.1, -0.05) is 12.1 Å². The van der Waals surface area contributed by atoms with Crippen LogP contribution in [0.25, 0.3) is 0 Å². The van der Waals surface area contributed by atoms with Gasteiger partial charge in [0.1, 0.15) is 10.7 Å². The summed E-state index contributed by atoms with van der Waals surface area (Å²) in [6.45, 7) is 1.02. The first-order chi connectivity index (χ1) is 11.9. The van der Waals surface area contributed by atoms with Crippen molar-refractivity contribution in [3.8, 4) is 0 Å². The molecule has 1 aliphatic carbocycles. The van der Waals surface area contributed by atoms with Crippen LogP contribution >= 0.6 is 12.4 Å². The van der Waals surface area contributed by atoms with Gasteiger partial charge in [-0.05, 0) is 37.3 Å². The molecule has 1 saturated carbocycles. The number of amides is 1. The maximum Gasteiger partial charge on any atom is 0.285 e. The molecule has 9 heteroatoms. The molecule has 0 radical (unpaired) electrons. The SMILES string of the molecule is CN(CCCC(=O)NC(CN)C1CC1)C1=NS(=O)(=O)c2ccccc21.Cl. The molecule has 144 valence electrons. The fourth-order valence-electron chi connectivity index (χ4n) is 3.09. The first kappa shape index (κ1) is 20.7. The smallest absolute Gasteiger partial charge is 0.285 e. The monoisotopic (exact) mass is 400 g/mol. The number of rotatable bonds is 7. The van der Waals surface area contributed by atoms with Crippen LogP contribution in [0.5, 0.6) is 0 Å². The minimum Gasteiger partial charge on any atom is -0.358 e. The van der Waals surface area contributed by atoms with Gasteiger partial charge >= 0.3 is 0 Å². The van der Waals surface area contributed by atoms with E-state index in [2.05, 4.69) is 9.71 Å². The Balaban J connectivity index is 0.00000243. The van der Waals surface area contributed by atoms with Crippen LogP contribution < -0.4 is 11.1 Å². The standard InChI is InChI=1S/C17H24N4O3S.ClH/c1-21(10-4-7-16(22)19-14(11-18)12-8-9-12)17-13-5-2-3-6-15(13)25(23,24)20-17;/h2-3,5-6,12,14H,4,7-11,18H2,1H3,(H,19,22);1H. The Bertz CT molecular complexity index is 793. The molecule has 0 bridgehead atoms. The number of nitrogens with one attached hydrogen (secondary N) is 1. The molecule has 1 atom stereocenters. The number of carbonyl (C=O) groups excluding carboxylic acids is 1. The second-order valence-electron chi connectivity index (χ2n) is 6.66. The van der Waals surface area contributed by atoms with Crippen LogP contribution in [0.15, 0.2) is 33.6 Å². The summed E-state index contributed by atoms with van der Waals surface area (Å²) < 4.78 is 28.0. The van der Waals surface area contributed by atoms with Crippen molar-refractivity contribution in [2.75, 3.05) is 20.1 Å². The van der Waals surface area contributed by atoms with E-state index in [0.717, 1.165) is 12.8 Å². The minimum atomic E-state index is -3.61. The average molecular weight is 401 g/mol. The highest BCUT2D eigenvalue weighted by Crippen LogP contribution is 2.32. The van der Waals surface area contributed by atoms with Crippen LogP contribution in [0.3, 0.4) is 0 Å². The van der Waals surface area contributed by atoms with Gasteiger partial charge in [0.25, 0.3) is 10.0 Å². The van der Waals surface area contributed by atoms with Crippen molar-refractivity contribution in [3.05, 3.63) is 29.8 Å². The van der Waals surface area contributed by atoms with E-state index in [1.54, 1.807) is 36.2 Å². The quantitative estimate of drug-likeness (QED) is 0.713. The van der Waals surface area contributed by atoms with Crippen molar-refractivity contribution in [2.24, 2.45) is 16.0 Å². The van der Waals surface area contributed by atoms with Crippen molar-refractivity contribution in [3.63, 3.8) is 0 Å². The molecule has 3 N–H and O–H groups in total. The summed E-state index contributed by atoms with van der Waals surface area (Å²) in [4.78, 5) is 14.1. The molecule has 0 aromatic heterocycles. The van der Waals surface area contributed by atoms with E-state index in [0.29, 0.717) is 43.2 Å². The molecule has 1 unspecified atom stereocenters. The lowest BCUT2D eigenvalue weighted by Gasteiger charge is -2.20. The molecule has 0 spiro atoms. The highest BCUT2D eigenvalue weighted by molar-refractivity contribution is 7.90. The fourth-order valence-corrected chi connectivity index (χ4v) is 4.34. The third kappa shape index (κ3) is 4.55. The van der Waals surface area contributed by atoms with Gasteiger partial charge in [0.2, 0.25) is 5.91 Å². The van der Waals surface area contributed by atoms with Crippen LogP contribution in [0.2, 0.25) is 0 Å². The molecule has 2 aliphatic rings. The van der Waals surface area contributed by atoms with E-state index in [1.807, 2.05) is 0 Å². The number of sulfonamides is 1. The zero-order chi connectivity index (χ0) is 18.0. The van der Waals surface area contributed by atoms with Crippen LogP contribution in [0.1, 0.15) is 31.2 Å². The van der Waals surface area contributed by atoms with Gasteiger partial charge < -0.3 is 16.0 Å². The number of hydrogen-bond acceptors (Lipinski definition) is 5. The van der Waals surface area contributed by atoms with E-state index in [1.165, 1.54) is 0 Å². The molecule has 26 heavy (non-hydrogen) atoms. The van der Waals surface area contributed by atoms with Crippen LogP contribution in [-0.2, 0) is 14.8 Å². The number of fused-ring (bicyclic) bond motifs is 1. The molecule has 1 aromatic rings. The second-order valence-corrected chi connectivity index (χ2v) is 8.23. The Hall–Kier alpha value is -1.64. The molecular formula is C17H25ClN4O3S. The molecule has 1 fully saturated rings. The van der Waals surface area contributed by atoms with Crippen molar-refractivity contribution in [1.29, 1.82) is 0 Å².